The van der Waals surface area contributed by atoms with Gasteiger partial charge >= 0.3 is 11.9 Å². The van der Waals surface area contributed by atoms with Crippen LogP contribution in [0.5, 0.6) is 0 Å². The van der Waals surface area contributed by atoms with E-state index in [1.165, 1.54) is 60.7 Å². The third-order valence-electron chi connectivity index (χ3n) is 3.58. The minimum absolute atomic E-state index is 0.00454. The number of rotatable bonds is 8. The standard InChI is InChI=1S/C19H17NO6S/c1-2-13-20(16-8-6-15(7-9-16)19(23)24)27(25,26)17-10-3-14(4-11-17)5-12-18(21)22/h2-12H,1,13H2,(H,21,22)(H,23,24). The van der Waals surface area contributed by atoms with Crippen LogP contribution in [0.2, 0.25) is 0 Å². The van der Waals surface area contributed by atoms with Crippen LogP contribution >= 0.6 is 0 Å². The van der Waals surface area contributed by atoms with Gasteiger partial charge in [0.1, 0.15) is 0 Å². The number of nitrogens with zero attached hydrogens (tertiary/aromatic N) is 1. The summed E-state index contributed by atoms with van der Waals surface area (Å²) in [4.78, 5) is 21.5. The quantitative estimate of drug-likeness (QED) is 0.532. The number of sulfonamides is 1. The molecule has 140 valence electrons. The van der Waals surface area contributed by atoms with Crippen molar-refractivity contribution in [1.82, 2.24) is 0 Å². The summed E-state index contributed by atoms with van der Waals surface area (Å²) in [6, 6.07) is 11.2. The van der Waals surface area contributed by atoms with Crippen LogP contribution in [0.25, 0.3) is 6.08 Å². The molecule has 2 rings (SSSR count). The summed E-state index contributed by atoms with van der Waals surface area (Å²) >= 11 is 0. The predicted octanol–water partition coefficient (Wildman–Crippen LogP) is 2.86. The van der Waals surface area contributed by atoms with Gasteiger partial charge in [0, 0.05) is 6.08 Å². The fourth-order valence-corrected chi connectivity index (χ4v) is 3.71. The molecule has 0 aliphatic rings. The molecule has 8 heteroatoms. The van der Waals surface area contributed by atoms with Crippen molar-refractivity contribution in [3.63, 3.8) is 0 Å². The van der Waals surface area contributed by atoms with Gasteiger partial charge in [-0.1, -0.05) is 18.2 Å². The lowest BCUT2D eigenvalue weighted by Crippen LogP contribution is -2.31. The lowest BCUT2D eigenvalue weighted by molar-refractivity contribution is -0.131. The second-order valence-corrected chi connectivity index (χ2v) is 7.28. The SMILES string of the molecule is C=CCN(c1ccc(C(=O)O)cc1)S(=O)(=O)c1ccc(C=CC(=O)O)cc1. The van der Waals surface area contributed by atoms with E-state index in [0.717, 1.165) is 10.4 Å². The zero-order chi connectivity index (χ0) is 20.0. The topological polar surface area (TPSA) is 112 Å². The van der Waals surface area contributed by atoms with E-state index in [0.29, 0.717) is 11.3 Å². The second kappa shape index (κ2) is 8.33. The van der Waals surface area contributed by atoms with Crippen LogP contribution in [0.4, 0.5) is 5.69 Å². The largest absolute Gasteiger partial charge is 0.478 e. The molecule has 2 aromatic carbocycles. The minimum Gasteiger partial charge on any atom is -0.478 e. The van der Waals surface area contributed by atoms with E-state index in [-0.39, 0.29) is 17.0 Å². The molecule has 0 saturated carbocycles. The number of aromatic carboxylic acids is 1. The van der Waals surface area contributed by atoms with Gasteiger partial charge in [-0.25, -0.2) is 18.0 Å². The highest BCUT2D eigenvalue weighted by atomic mass is 32.2. The van der Waals surface area contributed by atoms with Crippen LogP contribution in [-0.2, 0) is 14.8 Å². The Morgan fingerprint density at radius 2 is 1.59 bits per heavy atom. The third-order valence-corrected chi connectivity index (χ3v) is 5.39. The molecule has 0 radical (unpaired) electrons. The zero-order valence-corrected chi connectivity index (χ0v) is 15.0. The van der Waals surface area contributed by atoms with Gasteiger partial charge in [0.2, 0.25) is 0 Å². The lowest BCUT2D eigenvalue weighted by atomic mass is 10.2. The van der Waals surface area contributed by atoms with Crippen molar-refractivity contribution in [1.29, 1.82) is 0 Å². The molecule has 0 unspecified atom stereocenters. The molecule has 0 heterocycles. The summed E-state index contributed by atoms with van der Waals surface area (Å²) in [5.41, 5.74) is 0.886. The van der Waals surface area contributed by atoms with E-state index in [1.54, 1.807) is 0 Å². The molecule has 0 spiro atoms. The first-order valence-corrected chi connectivity index (χ1v) is 9.18. The summed E-state index contributed by atoms with van der Waals surface area (Å²) in [7, 11) is -3.92. The van der Waals surface area contributed by atoms with Gasteiger partial charge in [0.05, 0.1) is 22.7 Å². The summed E-state index contributed by atoms with van der Waals surface area (Å²) in [5, 5.41) is 17.6. The maximum absolute atomic E-state index is 13.0. The summed E-state index contributed by atoms with van der Waals surface area (Å²) < 4.78 is 27.0. The maximum Gasteiger partial charge on any atom is 0.335 e. The Morgan fingerprint density at radius 1 is 1.00 bits per heavy atom. The Bertz CT molecular complexity index is 976. The second-order valence-electron chi connectivity index (χ2n) is 5.42. The van der Waals surface area contributed by atoms with Crippen molar-refractivity contribution in [2.45, 2.75) is 4.90 Å². The van der Waals surface area contributed by atoms with Crippen molar-refractivity contribution in [2.24, 2.45) is 0 Å². The van der Waals surface area contributed by atoms with E-state index < -0.39 is 22.0 Å². The van der Waals surface area contributed by atoms with E-state index in [2.05, 4.69) is 6.58 Å². The van der Waals surface area contributed by atoms with Crippen LogP contribution in [-0.4, -0.2) is 37.1 Å². The number of benzene rings is 2. The number of aliphatic carboxylic acids is 1. The molecule has 2 aromatic rings. The van der Waals surface area contributed by atoms with Crippen LogP contribution < -0.4 is 4.31 Å². The first-order valence-electron chi connectivity index (χ1n) is 7.74. The van der Waals surface area contributed by atoms with Crippen LogP contribution in [0, 0.1) is 0 Å². The molecule has 7 nitrogen and oxygen atoms in total. The highest BCUT2D eigenvalue weighted by Gasteiger charge is 2.24. The molecule has 0 saturated heterocycles. The highest BCUT2D eigenvalue weighted by molar-refractivity contribution is 7.92. The molecule has 0 aliphatic carbocycles. The van der Waals surface area contributed by atoms with Crippen molar-refractivity contribution in [3.05, 3.63) is 78.4 Å². The molecule has 0 bridgehead atoms. The summed E-state index contributed by atoms with van der Waals surface area (Å²) in [6.45, 7) is 3.56. The van der Waals surface area contributed by atoms with Gasteiger partial charge in [0.15, 0.2) is 0 Å². The third kappa shape index (κ3) is 4.83. The molecule has 0 aliphatic heterocycles. The van der Waals surface area contributed by atoms with Gasteiger partial charge in [-0.05, 0) is 48.0 Å². The number of hydrogen-bond acceptors (Lipinski definition) is 4. The molecular formula is C19H17NO6S. The van der Waals surface area contributed by atoms with Gasteiger partial charge in [0.25, 0.3) is 10.0 Å². The number of carbonyl (C=O) groups is 2. The Morgan fingerprint density at radius 3 is 2.07 bits per heavy atom. The molecule has 0 atom stereocenters. The highest BCUT2D eigenvalue weighted by Crippen LogP contribution is 2.24. The van der Waals surface area contributed by atoms with E-state index in [1.807, 2.05) is 0 Å². The van der Waals surface area contributed by atoms with Crippen LogP contribution in [0.1, 0.15) is 15.9 Å². The zero-order valence-electron chi connectivity index (χ0n) is 14.1. The number of anilines is 1. The van der Waals surface area contributed by atoms with Crippen molar-refractivity contribution >= 4 is 33.7 Å². The minimum atomic E-state index is -3.92. The van der Waals surface area contributed by atoms with E-state index in [9.17, 15) is 18.0 Å². The summed E-state index contributed by atoms with van der Waals surface area (Å²) in [5.74, 6) is -2.21. The maximum atomic E-state index is 13.0. The van der Waals surface area contributed by atoms with E-state index in [4.69, 9.17) is 10.2 Å². The smallest absolute Gasteiger partial charge is 0.335 e. The molecule has 27 heavy (non-hydrogen) atoms. The van der Waals surface area contributed by atoms with Gasteiger partial charge in [-0.15, -0.1) is 6.58 Å². The first kappa shape index (κ1) is 19.9. The Labute approximate surface area is 156 Å². The van der Waals surface area contributed by atoms with Crippen LogP contribution in [0.15, 0.2) is 72.2 Å². The molecule has 0 amide bonds. The number of hydrogen-bond donors (Lipinski definition) is 2. The van der Waals surface area contributed by atoms with E-state index >= 15 is 0 Å². The normalized spacial score (nSPS) is 11.3. The average molecular weight is 387 g/mol. The molecule has 2 N–H and O–H groups in total. The molecule has 0 fully saturated rings. The lowest BCUT2D eigenvalue weighted by Gasteiger charge is -2.23. The predicted molar refractivity (Wildman–Crippen MR) is 101 cm³/mol. The van der Waals surface area contributed by atoms with Crippen molar-refractivity contribution < 1.29 is 28.2 Å². The Hall–Kier alpha value is -3.39. The monoisotopic (exact) mass is 387 g/mol. The summed E-state index contributed by atoms with van der Waals surface area (Å²) in [6.07, 6.45) is 3.73. The average Bonchev–Trinajstić information content (AvgIpc) is 2.64. The van der Waals surface area contributed by atoms with Gasteiger partial charge in [-0.3, -0.25) is 4.31 Å². The Kier molecular flexibility index (Phi) is 6.15. The number of carboxylic acids is 2. The van der Waals surface area contributed by atoms with Gasteiger partial charge < -0.3 is 10.2 Å². The fraction of sp³-hybridized carbons (Fsp3) is 0.0526. The van der Waals surface area contributed by atoms with Crippen molar-refractivity contribution in [2.75, 3.05) is 10.8 Å². The van der Waals surface area contributed by atoms with Crippen LogP contribution in [0.3, 0.4) is 0 Å². The Balaban J connectivity index is 2.38. The molecular weight excluding hydrogens is 370 g/mol. The molecule has 0 aromatic heterocycles. The van der Waals surface area contributed by atoms with Gasteiger partial charge in [-0.2, -0.15) is 0 Å². The first-order chi connectivity index (χ1) is 12.8. The number of carboxylic acid groups (broad SMARTS) is 2. The fourth-order valence-electron chi connectivity index (χ4n) is 2.28. The van der Waals surface area contributed by atoms with Crippen molar-refractivity contribution in [3.8, 4) is 0 Å².